The zero-order chi connectivity index (χ0) is 20.0. The monoisotopic (exact) mass is 403 g/mol. The van der Waals surface area contributed by atoms with E-state index < -0.39 is 0 Å². The van der Waals surface area contributed by atoms with E-state index in [-0.39, 0.29) is 11.4 Å². The summed E-state index contributed by atoms with van der Waals surface area (Å²) in [5, 5.41) is 4.35. The average Bonchev–Trinajstić information content (AvgIpc) is 3.41. The van der Waals surface area contributed by atoms with Gasteiger partial charge >= 0.3 is 0 Å². The molecule has 0 bridgehead atoms. The first-order valence-corrected chi connectivity index (χ1v) is 9.72. The van der Waals surface area contributed by atoms with Gasteiger partial charge in [-0.1, -0.05) is 41.2 Å². The number of aromatic nitrogens is 3. The summed E-state index contributed by atoms with van der Waals surface area (Å²) in [6.45, 7) is 2.01. The van der Waals surface area contributed by atoms with Crippen molar-refractivity contribution in [3.8, 4) is 22.7 Å². The maximum absolute atomic E-state index is 13.1. The van der Waals surface area contributed by atoms with E-state index in [9.17, 15) is 9.18 Å². The summed E-state index contributed by atoms with van der Waals surface area (Å²) >= 11 is 1.26. The second kappa shape index (κ2) is 6.79. The van der Waals surface area contributed by atoms with Crippen molar-refractivity contribution in [3.63, 3.8) is 0 Å². The largest absolute Gasteiger partial charge is 0.457 e. The van der Waals surface area contributed by atoms with Crippen molar-refractivity contribution < 1.29 is 8.81 Å². The third-order valence-corrected chi connectivity index (χ3v) is 5.48. The van der Waals surface area contributed by atoms with E-state index in [1.54, 1.807) is 30.3 Å². The molecule has 0 saturated carbocycles. The number of halogens is 1. The van der Waals surface area contributed by atoms with Crippen LogP contribution < -0.4 is 10.1 Å². The molecule has 0 N–H and O–H groups in total. The summed E-state index contributed by atoms with van der Waals surface area (Å²) in [6.07, 6.45) is 1.67. The summed E-state index contributed by atoms with van der Waals surface area (Å²) < 4.78 is 20.7. The van der Waals surface area contributed by atoms with Gasteiger partial charge in [0.2, 0.25) is 4.96 Å². The molecule has 0 atom stereocenters. The van der Waals surface area contributed by atoms with Crippen LogP contribution in [0.4, 0.5) is 4.39 Å². The van der Waals surface area contributed by atoms with Gasteiger partial charge in [-0.25, -0.2) is 4.39 Å². The maximum atomic E-state index is 13.1. The molecule has 0 fully saturated rings. The number of benzene rings is 2. The standard InChI is InChI=1S/C22H14FN3O2S/c1-13-2-4-15(5-3-13)20-24-22-26(25-20)21(27)19(29-22)12-17-10-11-18(28-17)14-6-8-16(23)9-7-14/h2-12H,1H3. The predicted molar refractivity (Wildman–Crippen MR) is 110 cm³/mol. The van der Waals surface area contributed by atoms with Gasteiger partial charge in [0.15, 0.2) is 5.82 Å². The van der Waals surface area contributed by atoms with Gasteiger partial charge in [-0.2, -0.15) is 9.50 Å². The first-order valence-electron chi connectivity index (χ1n) is 8.91. The lowest BCUT2D eigenvalue weighted by molar-refractivity contribution is 0.571. The van der Waals surface area contributed by atoms with Crippen LogP contribution in [0.5, 0.6) is 0 Å². The van der Waals surface area contributed by atoms with Crippen LogP contribution in [0.15, 0.2) is 69.9 Å². The SMILES string of the molecule is Cc1ccc(-c2nc3sc(=Cc4ccc(-c5ccc(F)cc5)o4)c(=O)n3n2)cc1. The highest BCUT2D eigenvalue weighted by molar-refractivity contribution is 7.15. The van der Waals surface area contributed by atoms with Crippen LogP contribution in [0.3, 0.4) is 0 Å². The number of aryl methyl sites for hydroxylation is 1. The van der Waals surface area contributed by atoms with Gasteiger partial charge < -0.3 is 4.42 Å². The highest BCUT2D eigenvalue weighted by atomic mass is 32.1. The summed E-state index contributed by atoms with van der Waals surface area (Å²) in [4.78, 5) is 17.7. The van der Waals surface area contributed by atoms with Crippen molar-refractivity contribution in [3.05, 3.63) is 92.7 Å². The Morgan fingerprint density at radius 2 is 1.72 bits per heavy atom. The van der Waals surface area contributed by atoms with Crippen molar-refractivity contribution in [2.45, 2.75) is 6.92 Å². The quantitative estimate of drug-likeness (QED) is 0.456. The Bertz CT molecular complexity index is 1430. The molecule has 0 amide bonds. The fraction of sp³-hybridized carbons (Fsp3) is 0.0455. The normalized spacial score (nSPS) is 12.1. The van der Waals surface area contributed by atoms with E-state index in [1.165, 1.54) is 28.0 Å². The Labute approximate surface area is 168 Å². The number of thiazole rings is 1. The fourth-order valence-corrected chi connectivity index (χ4v) is 3.88. The van der Waals surface area contributed by atoms with Gasteiger partial charge in [0.25, 0.3) is 5.56 Å². The molecule has 2 aromatic carbocycles. The van der Waals surface area contributed by atoms with E-state index in [0.29, 0.717) is 26.8 Å². The molecule has 5 rings (SSSR count). The molecular weight excluding hydrogens is 389 g/mol. The molecule has 5 nitrogen and oxygen atoms in total. The summed E-state index contributed by atoms with van der Waals surface area (Å²) in [5.74, 6) is 1.36. The van der Waals surface area contributed by atoms with E-state index >= 15 is 0 Å². The third kappa shape index (κ3) is 3.25. The van der Waals surface area contributed by atoms with E-state index in [4.69, 9.17) is 4.42 Å². The Morgan fingerprint density at radius 1 is 1.00 bits per heavy atom. The third-order valence-electron chi connectivity index (χ3n) is 4.52. The number of hydrogen-bond donors (Lipinski definition) is 0. The molecule has 3 heterocycles. The van der Waals surface area contributed by atoms with Gasteiger partial charge in [0.05, 0.1) is 0 Å². The minimum atomic E-state index is -0.303. The minimum Gasteiger partial charge on any atom is -0.457 e. The second-order valence-corrected chi connectivity index (χ2v) is 7.63. The fourth-order valence-electron chi connectivity index (χ4n) is 2.99. The van der Waals surface area contributed by atoms with Crippen LogP contribution >= 0.6 is 11.3 Å². The Hall–Kier alpha value is -3.58. The molecule has 3 aromatic heterocycles. The molecule has 0 radical (unpaired) electrons. The Balaban J connectivity index is 1.51. The summed E-state index contributed by atoms with van der Waals surface area (Å²) in [5.41, 5.74) is 2.54. The Kier molecular flexibility index (Phi) is 4.10. The molecule has 142 valence electrons. The summed E-state index contributed by atoms with van der Waals surface area (Å²) in [7, 11) is 0. The number of furan rings is 1. The Morgan fingerprint density at radius 3 is 2.45 bits per heavy atom. The average molecular weight is 403 g/mol. The molecule has 0 spiro atoms. The van der Waals surface area contributed by atoms with Crippen molar-refractivity contribution in [1.82, 2.24) is 14.6 Å². The van der Waals surface area contributed by atoms with Gasteiger partial charge in [0.1, 0.15) is 21.9 Å². The van der Waals surface area contributed by atoms with Crippen molar-refractivity contribution in [2.75, 3.05) is 0 Å². The highest BCUT2D eigenvalue weighted by Gasteiger charge is 2.12. The zero-order valence-corrected chi connectivity index (χ0v) is 16.1. The zero-order valence-electron chi connectivity index (χ0n) is 15.3. The predicted octanol–water partition coefficient (Wildman–Crippen LogP) is 4.07. The van der Waals surface area contributed by atoms with Crippen LogP contribution in [0.2, 0.25) is 0 Å². The molecule has 7 heteroatoms. The van der Waals surface area contributed by atoms with E-state index in [0.717, 1.165) is 16.7 Å². The molecular formula is C22H14FN3O2S. The van der Waals surface area contributed by atoms with E-state index in [2.05, 4.69) is 10.1 Å². The van der Waals surface area contributed by atoms with Crippen LogP contribution in [-0.2, 0) is 0 Å². The van der Waals surface area contributed by atoms with Gasteiger partial charge in [0, 0.05) is 17.2 Å². The second-order valence-electron chi connectivity index (χ2n) is 6.62. The summed E-state index contributed by atoms with van der Waals surface area (Å²) in [6, 6.07) is 17.4. The first-order chi connectivity index (χ1) is 14.1. The molecule has 29 heavy (non-hydrogen) atoms. The smallest absolute Gasteiger partial charge is 0.291 e. The van der Waals surface area contributed by atoms with Crippen LogP contribution in [0, 0.1) is 12.7 Å². The molecule has 5 aromatic rings. The molecule has 0 aliphatic carbocycles. The van der Waals surface area contributed by atoms with Crippen molar-refractivity contribution >= 4 is 22.4 Å². The molecule has 0 saturated heterocycles. The topological polar surface area (TPSA) is 60.4 Å². The lowest BCUT2D eigenvalue weighted by Gasteiger charge is -1.95. The minimum absolute atomic E-state index is 0.240. The van der Waals surface area contributed by atoms with Crippen LogP contribution in [0.25, 0.3) is 33.7 Å². The highest BCUT2D eigenvalue weighted by Crippen LogP contribution is 2.23. The lowest BCUT2D eigenvalue weighted by atomic mass is 10.1. The maximum Gasteiger partial charge on any atom is 0.291 e. The molecule has 0 aliphatic rings. The van der Waals surface area contributed by atoms with Gasteiger partial charge in [-0.15, -0.1) is 5.10 Å². The van der Waals surface area contributed by atoms with Crippen molar-refractivity contribution in [1.29, 1.82) is 0 Å². The van der Waals surface area contributed by atoms with Gasteiger partial charge in [-0.3, -0.25) is 4.79 Å². The van der Waals surface area contributed by atoms with Gasteiger partial charge in [-0.05, 0) is 43.3 Å². The van der Waals surface area contributed by atoms with Crippen LogP contribution in [0.1, 0.15) is 11.3 Å². The van der Waals surface area contributed by atoms with Crippen molar-refractivity contribution in [2.24, 2.45) is 0 Å². The van der Waals surface area contributed by atoms with Crippen LogP contribution in [-0.4, -0.2) is 14.6 Å². The number of hydrogen-bond acceptors (Lipinski definition) is 5. The number of nitrogens with zero attached hydrogens (tertiary/aromatic N) is 3. The first kappa shape index (κ1) is 17.5. The number of rotatable bonds is 3. The lowest BCUT2D eigenvalue weighted by Crippen LogP contribution is -2.23. The number of fused-ring (bicyclic) bond motifs is 1. The molecule has 0 aliphatic heterocycles. The molecule has 0 unspecified atom stereocenters. The van der Waals surface area contributed by atoms with E-state index in [1.807, 2.05) is 31.2 Å².